The molecule has 0 saturated carbocycles. The van der Waals surface area contributed by atoms with Crippen LogP contribution in [0.25, 0.3) is 11.5 Å². The number of nitrogens with zero attached hydrogens (tertiary/aromatic N) is 3. The molecule has 8 heteroatoms. The Labute approximate surface area is 166 Å². The maximum atomic E-state index is 11.8. The molecule has 1 aromatic carbocycles. The minimum atomic E-state index is -2.93. The van der Waals surface area contributed by atoms with Gasteiger partial charge in [-0.3, -0.25) is 4.90 Å². The second-order valence-corrected chi connectivity index (χ2v) is 10.7. The SMILES string of the molecule is CCN(Cn1nc(-c2ccc(C(C)(C)C)cc2)oc1=S)[C@@H]1CCS(=O)(=O)C1. The first-order valence-corrected chi connectivity index (χ1v) is 11.5. The van der Waals surface area contributed by atoms with Crippen LogP contribution in [0.3, 0.4) is 0 Å². The van der Waals surface area contributed by atoms with Crippen LogP contribution in [0.1, 0.15) is 39.7 Å². The zero-order chi connectivity index (χ0) is 19.8. The van der Waals surface area contributed by atoms with Crippen LogP contribution in [-0.4, -0.2) is 47.2 Å². The fourth-order valence-corrected chi connectivity index (χ4v) is 5.27. The molecular formula is C19H27N3O3S2. The fraction of sp³-hybridized carbons (Fsp3) is 0.579. The molecule has 2 aromatic rings. The van der Waals surface area contributed by atoms with E-state index in [2.05, 4.69) is 42.9 Å². The zero-order valence-corrected chi connectivity index (χ0v) is 17.9. The lowest BCUT2D eigenvalue weighted by atomic mass is 9.87. The van der Waals surface area contributed by atoms with Crippen LogP contribution in [0.15, 0.2) is 28.7 Å². The predicted octanol–water partition coefficient (Wildman–Crippen LogP) is 3.64. The summed E-state index contributed by atoms with van der Waals surface area (Å²) in [6.07, 6.45) is 0.655. The van der Waals surface area contributed by atoms with Crippen molar-refractivity contribution in [1.29, 1.82) is 0 Å². The quantitative estimate of drug-likeness (QED) is 0.703. The molecule has 1 atom stereocenters. The molecule has 0 amide bonds. The summed E-state index contributed by atoms with van der Waals surface area (Å²) in [6, 6.07) is 8.15. The molecule has 27 heavy (non-hydrogen) atoms. The standard InChI is InChI=1S/C19H27N3O3S2/c1-5-21(16-10-11-27(23,24)12-16)13-22-18(26)25-17(20-22)14-6-8-15(9-7-14)19(2,3)4/h6-9,16H,5,10-13H2,1-4H3/t16-/m1/s1. The molecule has 0 bridgehead atoms. The summed E-state index contributed by atoms with van der Waals surface area (Å²) in [5, 5.41) is 4.52. The van der Waals surface area contributed by atoms with Crippen molar-refractivity contribution in [3.8, 4) is 11.5 Å². The fourth-order valence-electron chi connectivity index (χ4n) is 3.33. The van der Waals surface area contributed by atoms with Gasteiger partial charge in [-0.05, 0) is 48.3 Å². The second kappa shape index (κ2) is 7.48. The average Bonchev–Trinajstić information content (AvgIpc) is 3.14. The molecule has 1 saturated heterocycles. The summed E-state index contributed by atoms with van der Waals surface area (Å²) in [5.74, 6) is 0.937. The van der Waals surface area contributed by atoms with Gasteiger partial charge in [0.25, 0.3) is 4.84 Å². The lowest BCUT2D eigenvalue weighted by Gasteiger charge is -2.25. The highest BCUT2D eigenvalue weighted by atomic mass is 32.2. The highest BCUT2D eigenvalue weighted by Crippen LogP contribution is 2.26. The predicted molar refractivity (Wildman–Crippen MR) is 109 cm³/mol. The van der Waals surface area contributed by atoms with Crippen molar-refractivity contribution in [3.05, 3.63) is 34.7 Å². The lowest BCUT2D eigenvalue weighted by molar-refractivity contribution is 0.162. The van der Waals surface area contributed by atoms with Crippen molar-refractivity contribution in [2.45, 2.75) is 52.2 Å². The van der Waals surface area contributed by atoms with Crippen LogP contribution in [0.4, 0.5) is 0 Å². The van der Waals surface area contributed by atoms with E-state index in [9.17, 15) is 8.42 Å². The van der Waals surface area contributed by atoms with Gasteiger partial charge in [0.05, 0.1) is 18.2 Å². The number of hydrogen-bond donors (Lipinski definition) is 0. The van der Waals surface area contributed by atoms with Crippen LogP contribution < -0.4 is 0 Å². The van der Waals surface area contributed by atoms with Crippen molar-refractivity contribution < 1.29 is 12.8 Å². The lowest BCUT2D eigenvalue weighted by Crippen LogP contribution is -2.37. The summed E-state index contributed by atoms with van der Waals surface area (Å²) < 4.78 is 30.9. The van der Waals surface area contributed by atoms with Crippen molar-refractivity contribution >= 4 is 22.1 Å². The maximum absolute atomic E-state index is 11.8. The van der Waals surface area contributed by atoms with Gasteiger partial charge < -0.3 is 4.42 Å². The molecule has 6 nitrogen and oxygen atoms in total. The molecule has 0 N–H and O–H groups in total. The van der Waals surface area contributed by atoms with Gasteiger partial charge in [-0.25, -0.2) is 13.1 Å². The van der Waals surface area contributed by atoms with Crippen molar-refractivity contribution in [2.24, 2.45) is 0 Å². The minimum absolute atomic E-state index is 0.00752. The molecule has 0 unspecified atom stereocenters. The van der Waals surface area contributed by atoms with E-state index in [0.29, 0.717) is 23.8 Å². The highest BCUT2D eigenvalue weighted by molar-refractivity contribution is 7.91. The summed E-state index contributed by atoms with van der Waals surface area (Å²) in [7, 11) is -2.93. The summed E-state index contributed by atoms with van der Waals surface area (Å²) in [5.41, 5.74) is 2.20. The molecule has 0 spiro atoms. The molecule has 1 fully saturated rings. The van der Waals surface area contributed by atoms with Gasteiger partial charge in [0.2, 0.25) is 5.89 Å². The van der Waals surface area contributed by atoms with Gasteiger partial charge in [-0.15, -0.1) is 5.10 Å². The summed E-state index contributed by atoms with van der Waals surface area (Å²) in [4.78, 5) is 2.39. The molecule has 1 aromatic heterocycles. The largest absolute Gasteiger partial charge is 0.409 e. The number of hydrogen-bond acceptors (Lipinski definition) is 6. The Hall–Kier alpha value is -1.51. The van der Waals surface area contributed by atoms with E-state index in [-0.39, 0.29) is 23.0 Å². The van der Waals surface area contributed by atoms with Crippen molar-refractivity contribution in [2.75, 3.05) is 18.1 Å². The summed E-state index contributed by atoms with van der Waals surface area (Å²) in [6.45, 7) is 9.69. The first-order valence-electron chi connectivity index (χ1n) is 9.22. The molecule has 148 valence electrons. The highest BCUT2D eigenvalue weighted by Gasteiger charge is 2.32. The van der Waals surface area contributed by atoms with E-state index in [1.807, 2.05) is 19.1 Å². The number of benzene rings is 1. The van der Waals surface area contributed by atoms with E-state index < -0.39 is 9.84 Å². The molecular weight excluding hydrogens is 382 g/mol. The normalized spacial score (nSPS) is 19.7. The van der Waals surface area contributed by atoms with Gasteiger partial charge in [-0.2, -0.15) is 0 Å². The molecule has 0 aliphatic carbocycles. The molecule has 0 radical (unpaired) electrons. The maximum Gasteiger partial charge on any atom is 0.288 e. The van der Waals surface area contributed by atoms with Crippen molar-refractivity contribution in [3.63, 3.8) is 0 Å². The Kier molecular flexibility index (Phi) is 5.61. The first kappa shape index (κ1) is 20.2. The Morgan fingerprint density at radius 2 is 1.96 bits per heavy atom. The van der Waals surface area contributed by atoms with E-state index in [4.69, 9.17) is 16.6 Å². The van der Waals surface area contributed by atoms with E-state index in [0.717, 1.165) is 12.1 Å². The van der Waals surface area contributed by atoms with Gasteiger partial charge in [0, 0.05) is 11.6 Å². The third kappa shape index (κ3) is 4.67. The van der Waals surface area contributed by atoms with Crippen molar-refractivity contribution in [1.82, 2.24) is 14.7 Å². The third-order valence-electron chi connectivity index (χ3n) is 5.05. The van der Waals surface area contributed by atoms with Crippen LogP contribution >= 0.6 is 12.2 Å². The smallest absolute Gasteiger partial charge is 0.288 e. The topological polar surface area (TPSA) is 68.3 Å². The van der Waals surface area contributed by atoms with Crippen LogP contribution in [-0.2, 0) is 21.9 Å². The Bertz CT molecular complexity index is 953. The monoisotopic (exact) mass is 409 g/mol. The summed E-state index contributed by atoms with van der Waals surface area (Å²) >= 11 is 5.33. The van der Waals surface area contributed by atoms with Crippen LogP contribution in [0, 0.1) is 4.84 Å². The molecule has 3 rings (SSSR count). The van der Waals surface area contributed by atoms with E-state index in [1.54, 1.807) is 4.68 Å². The van der Waals surface area contributed by atoms with E-state index in [1.165, 1.54) is 5.56 Å². The molecule has 1 aliphatic rings. The third-order valence-corrected chi connectivity index (χ3v) is 7.10. The van der Waals surface area contributed by atoms with E-state index >= 15 is 0 Å². The average molecular weight is 410 g/mol. The zero-order valence-electron chi connectivity index (χ0n) is 16.3. The first-order chi connectivity index (χ1) is 12.6. The Morgan fingerprint density at radius 3 is 2.48 bits per heavy atom. The number of aromatic nitrogens is 2. The Balaban J connectivity index is 1.79. The molecule has 1 aliphatic heterocycles. The second-order valence-electron chi connectivity index (χ2n) is 8.10. The molecule has 2 heterocycles. The van der Waals surface area contributed by atoms with Crippen LogP contribution in [0.2, 0.25) is 0 Å². The number of rotatable bonds is 5. The van der Waals surface area contributed by atoms with Gasteiger partial charge in [0.1, 0.15) is 0 Å². The van der Waals surface area contributed by atoms with Gasteiger partial charge in [0.15, 0.2) is 9.84 Å². The van der Waals surface area contributed by atoms with Gasteiger partial charge in [-0.1, -0.05) is 39.8 Å². The minimum Gasteiger partial charge on any atom is -0.409 e. The van der Waals surface area contributed by atoms with Crippen LogP contribution in [0.5, 0.6) is 0 Å². The number of sulfone groups is 1. The Morgan fingerprint density at radius 1 is 1.30 bits per heavy atom. The van der Waals surface area contributed by atoms with Gasteiger partial charge >= 0.3 is 0 Å².